The summed E-state index contributed by atoms with van der Waals surface area (Å²) in [6.07, 6.45) is 4.99. The van der Waals surface area contributed by atoms with Crippen LogP contribution < -0.4 is 11.1 Å². The summed E-state index contributed by atoms with van der Waals surface area (Å²) in [6.45, 7) is 4.12. The summed E-state index contributed by atoms with van der Waals surface area (Å²) in [5.74, 6) is 0.707. The van der Waals surface area contributed by atoms with E-state index < -0.39 is 0 Å². The Morgan fingerprint density at radius 3 is 2.76 bits per heavy atom. The van der Waals surface area contributed by atoms with Crippen LogP contribution in [0.4, 0.5) is 17.2 Å². The number of hydrogen-bond donors (Lipinski definition) is 2. The molecule has 0 spiro atoms. The van der Waals surface area contributed by atoms with Gasteiger partial charge in [0.05, 0.1) is 22.6 Å². The van der Waals surface area contributed by atoms with Crippen LogP contribution in [0.2, 0.25) is 5.02 Å². The second-order valence-corrected chi connectivity index (χ2v) is 4.39. The number of rotatable bonds is 3. The molecule has 2 aromatic rings. The van der Waals surface area contributed by atoms with Gasteiger partial charge in [0.15, 0.2) is 5.82 Å². The van der Waals surface area contributed by atoms with Crippen molar-refractivity contribution >= 4 is 28.8 Å². The van der Waals surface area contributed by atoms with Crippen molar-refractivity contribution in [3.63, 3.8) is 0 Å². The number of pyridine rings is 1. The van der Waals surface area contributed by atoms with Crippen molar-refractivity contribution in [2.75, 3.05) is 11.1 Å². The van der Waals surface area contributed by atoms with Gasteiger partial charge >= 0.3 is 0 Å². The van der Waals surface area contributed by atoms with E-state index in [1.54, 1.807) is 12.4 Å². The van der Waals surface area contributed by atoms with Gasteiger partial charge in [0.2, 0.25) is 0 Å². The summed E-state index contributed by atoms with van der Waals surface area (Å²) in [5.41, 5.74) is 6.92. The molecule has 0 radical (unpaired) electrons. The minimum Gasteiger partial charge on any atom is -0.396 e. The van der Waals surface area contributed by atoms with Gasteiger partial charge in [0.25, 0.3) is 0 Å². The Labute approximate surface area is 105 Å². The van der Waals surface area contributed by atoms with E-state index in [0.29, 0.717) is 28.3 Å². The molecule has 5 nitrogen and oxygen atoms in total. The van der Waals surface area contributed by atoms with E-state index in [0.717, 1.165) is 0 Å². The third kappa shape index (κ3) is 2.50. The highest BCUT2D eigenvalue weighted by Gasteiger charge is 2.08. The fraction of sp³-hybridized carbons (Fsp3) is 0.273. The Hall–Kier alpha value is -1.75. The van der Waals surface area contributed by atoms with Gasteiger partial charge in [0, 0.05) is 24.5 Å². The Bertz CT molecular complexity index is 500. The summed E-state index contributed by atoms with van der Waals surface area (Å²) in [6, 6.07) is 2.19. The van der Waals surface area contributed by atoms with E-state index in [4.69, 9.17) is 17.3 Å². The lowest BCUT2D eigenvalue weighted by Crippen LogP contribution is -2.03. The molecule has 2 rings (SSSR count). The van der Waals surface area contributed by atoms with Crippen LogP contribution in [0, 0.1) is 0 Å². The number of anilines is 3. The van der Waals surface area contributed by atoms with Crippen molar-refractivity contribution in [3.05, 3.63) is 29.7 Å². The maximum Gasteiger partial charge on any atom is 0.152 e. The van der Waals surface area contributed by atoms with E-state index in [1.807, 2.05) is 16.9 Å². The number of aromatic nitrogens is 3. The summed E-state index contributed by atoms with van der Waals surface area (Å²) in [5, 5.41) is 7.92. The molecular formula is C11H14ClN5. The zero-order valence-corrected chi connectivity index (χ0v) is 10.4. The van der Waals surface area contributed by atoms with E-state index in [1.165, 1.54) is 0 Å². The molecule has 0 aliphatic rings. The van der Waals surface area contributed by atoms with Gasteiger partial charge in [-0.1, -0.05) is 11.6 Å². The molecule has 0 aliphatic heterocycles. The first-order chi connectivity index (χ1) is 8.08. The normalized spacial score (nSPS) is 10.8. The maximum absolute atomic E-state index is 6.01. The molecular weight excluding hydrogens is 238 g/mol. The third-order valence-electron chi connectivity index (χ3n) is 2.32. The second-order valence-electron chi connectivity index (χ2n) is 3.99. The first-order valence-corrected chi connectivity index (χ1v) is 5.67. The summed E-state index contributed by atoms with van der Waals surface area (Å²) in [4.78, 5) is 3.90. The van der Waals surface area contributed by atoms with Gasteiger partial charge in [-0.2, -0.15) is 5.10 Å². The molecule has 2 heterocycles. The lowest BCUT2D eigenvalue weighted by atomic mass is 10.3. The molecule has 17 heavy (non-hydrogen) atoms. The Balaban J connectivity index is 2.25. The largest absolute Gasteiger partial charge is 0.396 e. The Morgan fingerprint density at radius 2 is 2.18 bits per heavy atom. The van der Waals surface area contributed by atoms with Crippen molar-refractivity contribution < 1.29 is 0 Å². The molecule has 3 N–H and O–H groups in total. The molecule has 0 aromatic carbocycles. The first-order valence-electron chi connectivity index (χ1n) is 5.29. The van der Waals surface area contributed by atoms with E-state index >= 15 is 0 Å². The topological polar surface area (TPSA) is 68.8 Å². The van der Waals surface area contributed by atoms with Crippen LogP contribution in [-0.4, -0.2) is 14.8 Å². The molecule has 0 saturated carbocycles. The van der Waals surface area contributed by atoms with Crippen LogP contribution in [0.15, 0.2) is 24.7 Å². The monoisotopic (exact) mass is 251 g/mol. The third-order valence-corrected chi connectivity index (χ3v) is 2.61. The summed E-state index contributed by atoms with van der Waals surface area (Å²) >= 11 is 6.01. The summed E-state index contributed by atoms with van der Waals surface area (Å²) in [7, 11) is 0. The highest BCUT2D eigenvalue weighted by atomic mass is 35.5. The maximum atomic E-state index is 6.01. The number of halogens is 1. The highest BCUT2D eigenvalue weighted by molar-refractivity contribution is 6.33. The van der Waals surface area contributed by atoms with Gasteiger partial charge < -0.3 is 11.1 Å². The number of nitrogens with one attached hydrogen (secondary N) is 1. The van der Waals surface area contributed by atoms with Crippen LogP contribution in [0.1, 0.15) is 19.9 Å². The quantitative estimate of drug-likeness (QED) is 0.880. The van der Waals surface area contributed by atoms with Crippen LogP contribution >= 0.6 is 11.6 Å². The van der Waals surface area contributed by atoms with Crippen LogP contribution in [0.5, 0.6) is 0 Å². The van der Waals surface area contributed by atoms with Gasteiger partial charge in [-0.05, 0) is 13.8 Å². The van der Waals surface area contributed by atoms with E-state index in [-0.39, 0.29) is 0 Å². The van der Waals surface area contributed by atoms with Crippen molar-refractivity contribution in [1.82, 2.24) is 14.8 Å². The smallest absolute Gasteiger partial charge is 0.152 e. The molecule has 0 saturated heterocycles. The second kappa shape index (κ2) is 4.63. The molecule has 0 aliphatic carbocycles. The molecule has 2 aromatic heterocycles. The highest BCUT2D eigenvalue weighted by Crippen LogP contribution is 2.29. The van der Waals surface area contributed by atoms with Crippen molar-refractivity contribution in [2.45, 2.75) is 19.9 Å². The predicted molar refractivity (Wildman–Crippen MR) is 69.6 cm³/mol. The molecule has 0 unspecified atom stereocenters. The number of hydrogen-bond acceptors (Lipinski definition) is 4. The minimum atomic E-state index is 0.316. The average Bonchev–Trinajstić information content (AvgIpc) is 2.72. The fourth-order valence-corrected chi connectivity index (χ4v) is 1.61. The van der Waals surface area contributed by atoms with Gasteiger partial charge in [-0.25, -0.2) is 0 Å². The molecule has 90 valence electrons. The standard InChI is InChI=1S/C11H14ClN5/c1-7(2)17-4-3-10(16-17)15-11-8(12)5-14-6-9(11)13/h3-7H,13H2,1-2H3,(H,14,15,16). The van der Waals surface area contributed by atoms with Crippen molar-refractivity contribution in [2.24, 2.45) is 0 Å². The Morgan fingerprint density at radius 1 is 1.41 bits per heavy atom. The first kappa shape index (κ1) is 11.7. The molecule has 0 atom stereocenters. The number of nitrogens with zero attached hydrogens (tertiary/aromatic N) is 3. The zero-order valence-electron chi connectivity index (χ0n) is 9.68. The van der Waals surface area contributed by atoms with Gasteiger partial charge in [-0.15, -0.1) is 0 Å². The SMILES string of the molecule is CC(C)n1ccc(Nc2c(N)cncc2Cl)n1. The minimum absolute atomic E-state index is 0.316. The van der Waals surface area contributed by atoms with Gasteiger partial charge in [0.1, 0.15) is 0 Å². The van der Waals surface area contributed by atoms with Crippen LogP contribution in [-0.2, 0) is 0 Å². The number of nitrogen functional groups attached to an aromatic ring is 1. The van der Waals surface area contributed by atoms with Crippen molar-refractivity contribution in [1.29, 1.82) is 0 Å². The lowest BCUT2D eigenvalue weighted by molar-refractivity contribution is 0.534. The Kier molecular flexibility index (Phi) is 3.19. The van der Waals surface area contributed by atoms with Gasteiger partial charge in [-0.3, -0.25) is 9.67 Å². The van der Waals surface area contributed by atoms with Crippen LogP contribution in [0.3, 0.4) is 0 Å². The fourth-order valence-electron chi connectivity index (χ4n) is 1.40. The predicted octanol–water partition coefficient (Wildman–Crippen LogP) is 2.84. The van der Waals surface area contributed by atoms with Crippen molar-refractivity contribution in [3.8, 4) is 0 Å². The molecule has 0 bridgehead atoms. The van der Waals surface area contributed by atoms with E-state index in [9.17, 15) is 0 Å². The zero-order chi connectivity index (χ0) is 12.4. The number of nitrogens with two attached hydrogens (primary N) is 1. The summed E-state index contributed by atoms with van der Waals surface area (Å²) < 4.78 is 1.85. The van der Waals surface area contributed by atoms with E-state index in [2.05, 4.69) is 29.2 Å². The molecule has 0 fully saturated rings. The lowest BCUT2D eigenvalue weighted by Gasteiger charge is -2.08. The molecule has 6 heteroatoms. The molecule has 0 amide bonds. The average molecular weight is 252 g/mol. The van der Waals surface area contributed by atoms with Crippen LogP contribution in [0.25, 0.3) is 0 Å².